The summed E-state index contributed by atoms with van der Waals surface area (Å²) < 4.78 is 43.2. The van der Waals surface area contributed by atoms with Crippen molar-refractivity contribution in [1.82, 2.24) is 4.98 Å². The van der Waals surface area contributed by atoms with Gasteiger partial charge in [-0.15, -0.1) is 0 Å². The van der Waals surface area contributed by atoms with Crippen molar-refractivity contribution in [2.75, 3.05) is 11.9 Å². The number of nitrogens with zero attached hydrogens (tertiary/aromatic N) is 1. The van der Waals surface area contributed by atoms with Crippen molar-refractivity contribution in [3.8, 4) is 0 Å². The smallest absolute Gasteiger partial charge is 0.433 e. The number of halogens is 4. The zero-order valence-corrected chi connectivity index (χ0v) is 11.4. The van der Waals surface area contributed by atoms with Crippen LogP contribution in [0.3, 0.4) is 0 Å². The van der Waals surface area contributed by atoms with Crippen LogP contribution in [0, 0.1) is 0 Å². The molecule has 1 aliphatic rings. The van der Waals surface area contributed by atoms with Gasteiger partial charge in [0.05, 0.1) is 4.47 Å². The summed E-state index contributed by atoms with van der Waals surface area (Å²) in [7, 11) is 0. The lowest BCUT2D eigenvalue weighted by Gasteiger charge is -2.09. The van der Waals surface area contributed by atoms with Gasteiger partial charge in [0.15, 0.2) is 5.58 Å². The van der Waals surface area contributed by atoms with Gasteiger partial charge in [0, 0.05) is 18.3 Å². The highest BCUT2D eigenvalue weighted by molar-refractivity contribution is 9.10. The molecule has 0 spiro atoms. The molecule has 7 heteroatoms. The molecular formula is C12H10BrF3N2O. The van der Waals surface area contributed by atoms with Crippen LogP contribution in [-0.2, 0) is 12.6 Å². The van der Waals surface area contributed by atoms with Crippen molar-refractivity contribution < 1.29 is 17.6 Å². The number of anilines is 1. The predicted molar refractivity (Wildman–Crippen MR) is 68.1 cm³/mol. The Morgan fingerprint density at radius 1 is 1.32 bits per heavy atom. The fourth-order valence-electron chi connectivity index (χ4n) is 2.24. The zero-order valence-electron chi connectivity index (χ0n) is 9.77. The van der Waals surface area contributed by atoms with Crippen LogP contribution in [0.25, 0.3) is 11.1 Å². The molecule has 1 aliphatic heterocycles. The molecule has 0 radical (unpaired) electrons. The SMILES string of the molecule is FC(F)(F)c1nc2c(Br)c3c(cc2o1)NCCCC3. The first kappa shape index (κ1) is 12.8. The molecule has 1 aromatic heterocycles. The van der Waals surface area contributed by atoms with Crippen LogP contribution in [0.4, 0.5) is 18.9 Å². The normalized spacial score (nSPS) is 16.0. The summed E-state index contributed by atoms with van der Waals surface area (Å²) in [5.41, 5.74) is 2.16. The Hall–Kier alpha value is -1.24. The molecule has 1 aromatic carbocycles. The number of rotatable bonds is 0. The fraction of sp³-hybridized carbons (Fsp3) is 0.417. The number of aromatic nitrogens is 1. The maximum Gasteiger partial charge on any atom is 0.468 e. The summed E-state index contributed by atoms with van der Waals surface area (Å²) in [5, 5.41) is 3.21. The fourth-order valence-corrected chi connectivity index (χ4v) is 2.94. The minimum atomic E-state index is -4.57. The van der Waals surface area contributed by atoms with E-state index in [1.165, 1.54) is 0 Å². The average Bonchev–Trinajstić information content (AvgIpc) is 2.62. The van der Waals surface area contributed by atoms with Crippen LogP contribution < -0.4 is 5.32 Å². The van der Waals surface area contributed by atoms with Gasteiger partial charge < -0.3 is 9.73 Å². The third-order valence-electron chi connectivity index (χ3n) is 3.14. The molecule has 3 nitrogen and oxygen atoms in total. The van der Waals surface area contributed by atoms with E-state index in [2.05, 4.69) is 26.2 Å². The lowest BCUT2D eigenvalue weighted by molar-refractivity contribution is -0.156. The van der Waals surface area contributed by atoms with E-state index in [4.69, 9.17) is 4.42 Å². The lowest BCUT2D eigenvalue weighted by Crippen LogP contribution is -2.04. The van der Waals surface area contributed by atoms with E-state index in [0.717, 1.165) is 37.1 Å². The summed E-state index contributed by atoms with van der Waals surface area (Å²) >= 11 is 3.35. The number of fused-ring (bicyclic) bond motifs is 2. The summed E-state index contributed by atoms with van der Waals surface area (Å²) in [6.45, 7) is 0.811. The highest BCUT2D eigenvalue weighted by Crippen LogP contribution is 2.39. The molecule has 2 aromatic rings. The number of alkyl halides is 3. The molecular weight excluding hydrogens is 325 g/mol. The standard InChI is InChI=1S/C12H10BrF3N2O/c13-9-6-3-1-2-4-17-7(6)5-8-10(9)18-11(19-8)12(14,15)16/h5,17H,1-4H2. The van der Waals surface area contributed by atoms with E-state index >= 15 is 0 Å². The van der Waals surface area contributed by atoms with Crippen LogP contribution in [-0.4, -0.2) is 11.5 Å². The second-order valence-electron chi connectivity index (χ2n) is 4.46. The Balaban J connectivity index is 2.21. The zero-order chi connectivity index (χ0) is 13.6. The second kappa shape index (κ2) is 4.40. The van der Waals surface area contributed by atoms with Gasteiger partial charge in [-0.3, -0.25) is 0 Å². The third-order valence-corrected chi connectivity index (χ3v) is 3.99. The highest BCUT2D eigenvalue weighted by atomic mass is 79.9. The topological polar surface area (TPSA) is 38.1 Å². The first-order valence-corrected chi connectivity index (χ1v) is 6.69. The Labute approximate surface area is 115 Å². The van der Waals surface area contributed by atoms with Crippen molar-refractivity contribution in [1.29, 1.82) is 0 Å². The average molecular weight is 335 g/mol. The monoisotopic (exact) mass is 334 g/mol. The van der Waals surface area contributed by atoms with Crippen LogP contribution in [0.1, 0.15) is 24.3 Å². The Kier molecular flexibility index (Phi) is 2.96. The largest absolute Gasteiger partial charge is 0.468 e. The molecule has 0 atom stereocenters. The molecule has 19 heavy (non-hydrogen) atoms. The summed E-state index contributed by atoms with van der Waals surface area (Å²) in [6, 6.07) is 1.60. The molecule has 0 fully saturated rings. The van der Waals surface area contributed by atoms with E-state index in [-0.39, 0.29) is 11.1 Å². The van der Waals surface area contributed by atoms with E-state index in [1.54, 1.807) is 6.07 Å². The molecule has 0 saturated carbocycles. The van der Waals surface area contributed by atoms with Crippen LogP contribution in [0.5, 0.6) is 0 Å². The third kappa shape index (κ3) is 2.20. The van der Waals surface area contributed by atoms with Gasteiger partial charge in [-0.25, -0.2) is 4.98 Å². The summed E-state index contributed by atoms with van der Waals surface area (Å²) in [5.74, 6) is -1.21. The predicted octanol–water partition coefficient (Wildman–Crippen LogP) is 4.36. The summed E-state index contributed by atoms with van der Waals surface area (Å²) in [4.78, 5) is 3.56. The first-order valence-electron chi connectivity index (χ1n) is 5.90. The molecule has 0 amide bonds. The van der Waals surface area contributed by atoms with Gasteiger partial charge in [-0.05, 0) is 40.8 Å². The molecule has 0 aliphatic carbocycles. The number of hydrogen-bond acceptors (Lipinski definition) is 3. The van der Waals surface area contributed by atoms with Gasteiger partial charge in [0.2, 0.25) is 0 Å². The Morgan fingerprint density at radius 2 is 2.11 bits per heavy atom. The van der Waals surface area contributed by atoms with Crippen molar-refractivity contribution in [2.24, 2.45) is 0 Å². The van der Waals surface area contributed by atoms with E-state index in [1.807, 2.05) is 0 Å². The number of nitrogens with one attached hydrogen (secondary N) is 1. The molecule has 2 heterocycles. The number of oxazole rings is 1. The van der Waals surface area contributed by atoms with Crippen LogP contribution >= 0.6 is 15.9 Å². The number of benzene rings is 1. The molecule has 0 saturated heterocycles. The maximum absolute atomic E-state index is 12.6. The van der Waals surface area contributed by atoms with Gasteiger partial charge in [0.1, 0.15) is 5.52 Å². The highest BCUT2D eigenvalue weighted by Gasteiger charge is 2.38. The quantitative estimate of drug-likeness (QED) is 0.778. The van der Waals surface area contributed by atoms with E-state index in [0.29, 0.717) is 4.47 Å². The van der Waals surface area contributed by atoms with Crippen molar-refractivity contribution in [3.63, 3.8) is 0 Å². The van der Waals surface area contributed by atoms with Gasteiger partial charge in [-0.2, -0.15) is 13.2 Å². The summed E-state index contributed by atoms with van der Waals surface area (Å²) in [6.07, 6.45) is -1.73. The van der Waals surface area contributed by atoms with E-state index in [9.17, 15) is 13.2 Å². The molecule has 0 bridgehead atoms. The van der Waals surface area contributed by atoms with Gasteiger partial charge in [0.25, 0.3) is 0 Å². The maximum atomic E-state index is 12.6. The molecule has 1 N–H and O–H groups in total. The van der Waals surface area contributed by atoms with Crippen LogP contribution in [0.2, 0.25) is 0 Å². The van der Waals surface area contributed by atoms with Crippen molar-refractivity contribution in [2.45, 2.75) is 25.4 Å². The number of hydrogen-bond donors (Lipinski definition) is 1. The van der Waals surface area contributed by atoms with Gasteiger partial charge in [-0.1, -0.05) is 0 Å². The molecule has 102 valence electrons. The van der Waals surface area contributed by atoms with Crippen molar-refractivity contribution >= 4 is 32.7 Å². The first-order chi connectivity index (χ1) is 8.97. The molecule has 0 unspecified atom stereocenters. The minimum absolute atomic E-state index is 0.146. The second-order valence-corrected chi connectivity index (χ2v) is 5.26. The van der Waals surface area contributed by atoms with Gasteiger partial charge >= 0.3 is 12.1 Å². The molecule has 3 rings (SSSR count). The lowest BCUT2D eigenvalue weighted by atomic mass is 10.1. The van der Waals surface area contributed by atoms with Crippen LogP contribution in [0.15, 0.2) is 15.0 Å². The Bertz CT molecular complexity index is 636. The Morgan fingerprint density at radius 3 is 2.84 bits per heavy atom. The minimum Gasteiger partial charge on any atom is -0.433 e. The van der Waals surface area contributed by atoms with Crippen molar-refractivity contribution in [3.05, 3.63) is 22.0 Å². The van der Waals surface area contributed by atoms with E-state index < -0.39 is 12.1 Å².